The molecular formula is C11H24N2O2S2. The minimum absolute atomic E-state index is 0.0716. The molecule has 0 radical (unpaired) electrons. The summed E-state index contributed by atoms with van der Waals surface area (Å²) in [5.74, 6) is 2.23. The lowest BCUT2D eigenvalue weighted by molar-refractivity contribution is 0.243. The van der Waals surface area contributed by atoms with E-state index < -0.39 is 9.84 Å². The van der Waals surface area contributed by atoms with Crippen molar-refractivity contribution in [2.45, 2.75) is 31.7 Å². The van der Waals surface area contributed by atoms with Crippen LogP contribution in [0.15, 0.2) is 0 Å². The zero-order valence-electron chi connectivity index (χ0n) is 10.9. The lowest BCUT2D eigenvalue weighted by Gasteiger charge is -2.35. The summed E-state index contributed by atoms with van der Waals surface area (Å²) in [6.45, 7) is 5.80. The fraction of sp³-hybridized carbons (Fsp3) is 1.00. The molecule has 2 unspecified atom stereocenters. The molecule has 1 aliphatic heterocycles. The van der Waals surface area contributed by atoms with E-state index in [2.05, 4.69) is 13.8 Å². The maximum absolute atomic E-state index is 11.7. The molecule has 1 fully saturated rings. The Bertz CT molecular complexity index is 330. The van der Waals surface area contributed by atoms with Crippen LogP contribution in [0.2, 0.25) is 0 Å². The Morgan fingerprint density at radius 3 is 2.65 bits per heavy atom. The molecule has 6 heteroatoms. The second-order valence-corrected chi connectivity index (χ2v) is 8.60. The first-order valence-corrected chi connectivity index (χ1v) is 9.18. The normalized spacial score (nSPS) is 25.1. The molecular weight excluding hydrogens is 256 g/mol. The van der Waals surface area contributed by atoms with Crippen molar-refractivity contribution in [1.82, 2.24) is 4.90 Å². The molecule has 2 N–H and O–H groups in total. The van der Waals surface area contributed by atoms with Crippen molar-refractivity contribution in [3.63, 3.8) is 0 Å². The van der Waals surface area contributed by atoms with Gasteiger partial charge in [0.25, 0.3) is 0 Å². The van der Waals surface area contributed by atoms with Gasteiger partial charge in [-0.25, -0.2) is 8.42 Å². The van der Waals surface area contributed by atoms with Gasteiger partial charge in [0.2, 0.25) is 0 Å². The molecule has 0 aromatic carbocycles. The van der Waals surface area contributed by atoms with E-state index in [9.17, 15) is 8.42 Å². The highest BCUT2D eigenvalue weighted by molar-refractivity contribution is 8.00. The molecule has 0 spiro atoms. The Balaban J connectivity index is 2.60. The van der Waals surface area contributed by atoms with Gasteiger partial charge in [-0.2, -0.15) is 11.8 Å². The third-order valence-corrected chi connectivity index (χ3v) is 5.61. The van der Waals surface area contributed by atoms with Gasteiger partial charge in [-0.1, -0.05) is 13.8 Å². The zero-order valence-corrected chi connectivity index (χ0v) is 12.6. The first-order valence-electron chi connectivity index (χ1n) is 6.07. The Morgan fingerprint density at radius 2 is 2.12 bits per heavy atom. The number of nitrogens with two attached hydrogens (primary N) is 1. The van der Waals surface area contributed by atoms with Gasteiger partial charge in [0, 0.05) is 36.9 Å². The quantitative estimate of drug-likeness (QED) is 0.806. The summed E-state index contributed by atoms with van der Waals surface area (Å²) in [4.78, 5) is 2.04. The molecule has 0 aromatic heterocycles. The molecule has 1 heterocycles. The first-order chi connectivity index (χ1) is 7.80. The number of rotatable bonds is 5. The highest BCUT2D eigenvalue weighted by atomic mass is 32.2. The number of hydrogen-bond donors (Lipinski definition) is 1. The summed E-state index contributed by atoms with van der Waals surface area (Å²) in [6.07, 6.45) is 2.27. The van der Waals surface area contributed by atoms with Crippen LogP contribution in [0.5, 0.6) is 0 Å². The van der Waals surface area contributed by atoms with Crippen LogP contribution >= 0.6 is 11.8 Å². The van der Waals surface area contributed by atoms with Crippen LogP contribution < -0.4 is 5.73 Å². The first kappa shape index (κ1) is 15.3. The molecule has 4 nitrogen and oxygen atoms in total. The summed E-state index contributed by atoms with van der Waals surface area (Å²) >= 11 is 1.71. The average Bonchev–Trinajstić information content (AvgIpc) is 2.15. The second kappa shape index (κ2) is 6.41. The van der Waals surface area contributed by atoms with Crippen molar-refractivity contribution in [1.29, 1.82) is 0 Å². The van der Waals surface area contributed by atoms with Gasteiger partial charge in [0.15, 0.2) is 9.84 Å². The van der Waals surface area contributed by atoms with E-state index in [1.807, 2.05) is 4.90 Å². The van der Waals surface area contributed by atoms with Crippen LogP contribution in [-0.2, 0) is 9.84 Å². The smallest absolute Gasteiger partial charge is 0.164 e. The Hall–Kier alpha value is 0.220. The monoisotopic (exact) mass is 280 g/mol. The third-order valence-electron chi connectivity index (χ3n) is 2.93. The fourth-order valence-electron chi connectivity index (χ4n) is 2.20. The molecule has 1 saturated heterocycles. The molecule has 0 aliphatic carbocycles. The number of thioether (sulfide) groups is 1. The highest BCUT2D eigenvalue weighted by Crippen LogP contribution is 2.20. The van der Waals surface area contributed by atoms with Gasteiger partial charge in [0.05, 0.1) is 0 Å². The predicted molar refractivity (Wildman–Crippen MR) is 75.0 cm³/mol. The SMILES string of the molecule is CC(C)CC(N)CN1CCSCC1S(C)(=O)=O. The van der Waals surface area contributed by atoms with E-state index in [-0.39, 0.29) is 11.4 Å². The lowest BCUT2D eigenvalue weighted by atomic mass is 10.0. The van der Waals surface area contributed by atoms with E-state index in [0.29, 0.717) is 18.2 Å². The van der Waals surface area contributed by atoms with Crippen LogP contribution in [0.25, 0.3) is 0 Å². The Kier molecular flexibility index (Phi) is 5.76. The largest absolute Gasteiger partial charge is 0.327 e. The molecule has 1 aliphatic rings. The van der Waals surface area contributed by atoms with Crippen LogP contribution in [0.4, 0.5) is 0 Å². The van der Waals surface area contributed by atoms with Crippen LogP contribution in [0, 0.1) is 5.92 Å². The Labute approximate surface area is 109 Å². The summed E-state index contributed by atoms with van der Waals surface area (Å²) in [7, 11) is -3.00. The average molecular weight is 280 g/mol. The van der Waals surface area contributed by atoms with Crippen molar-refractivity contribution in [2.24, 2.45) is 11.7 Å². The van der Waals surface area contributed by atoms with E-state index in [1.165, 1.54) is 6.26 Å². The molecule has 0 amide bonds. The van der Waals surface area contributed by atoms with Crippen LogP contribution in [-0.4, -0.2) is 55.6 Å². The number of nitrogens with zero attached hydrogens (tertiary/aromatic N) is 1. The van der Waals surface area contributed by atoms with Crippen molar-refractivity contribution in [3.05, 3.63) is 0 Å². The van der Waals surface area contributed by atoms with Crippen molar-refractivity contribution in [3.8, 4) is 0 Å². The Morgan fingerprint density at radius 1 is 1.47 bits per heavy atom. The van der Waals surface area contributed by atoms with Gasteiger partial charge in [-0.15, -0.1) is 0 Å². The van der Waals surface area contributed by atoms with Gasteiger partial charge < -0.3 is 5.73 Å². The minimum atomic E-state index is -3.00. The van der Waals surface area contributed by atoms with E-state index >= 15 is 0 Å². The fourth-order valence-corrected chi connectivity index (χ4v) is 5.15. The lowest BCUT2D eigenvalue weighted by Crippen LogP contribution is -2.51. The van der Waals surface area contributed by atoms with Crippen LogP contribution in [0.1, 0.15) is 20.3 Å². The van der Waals surface area contributed by atoms with E-state index in [4.69, 9.17) is 5.73 Å². The molecule has 17 heavy (non-hydrogen) atoms. The van der Waals surface area contributed by atoms with Gasteiger partial charge in [0.1, 0.15) is 5.37 Å². The van der Waals surface area contributed by atoms with E-state index in [1.54, 1.807) is 11.8 Å². The molecule has 102 valence electrons. The van der Waals surface area contributed by atoms with Crippen molar-refractivity contribution < 1.29 is 8.42 Å². The third kappa shape index (κ3) is 5.16. The maximum Gasteiger partial charge on any atom is 0.164 e. The highest BCUT2D eigenvalue weighted by Gasteiger charge is 2.31. The molecule has 0 saturated carbocycles. The van der Waals surface area contributed by atoms with Gasteiger partial charge in [-0.05, 0) is 12.3 Å². The standard InChI is InChI=1S/C11H24N2O2S2/c1-9(2)6-10(12)7-13-4-5-16-8-11(13)17(3,14)15/h9-11H,4-8,12H2,1-3H3. The van der Waals surface area contributed by atoms with E-state index in [0.717, 1.165) is 18.7 Å². The summed E-state index contributed by atoms with van der Waals surface area (Å²) < 4.78 is 23.4. The number of hydrogen-bond acceptors (Lipinski definition) is 5. The van der Waals surface area contributed by atoms with Crippen molar-refractivity contribution in [2.75, 3.05) is 30.9 Å². The summed E-state index contributed by atoms with van der Waals surface area (Å²) in [6, 6.07) is 0.0716. The summed E-state index contributed by atoms with van der Waals surface area (Å²) in [5.41, 5.74) is 6.07. The van der Waals surface area contributed by atoms with Crippen LogP contribution in [0.3, 0.4) is 0 Å². The topological polar surface area (TPSA) is 63.4 Å². The molecule has 1 rings (SSSR count). The maximum atomic E-state index is 11.7. The number of sulfone groups is 1. The second-order valence-electron chi connectivity index (χ2n) is 5.24. The van der Waals surface area contributed by atoms with Crippen molar-refractivity contribution >= 4 is 21.6 Å². The zero-order chi connectivity index (χ0) is 13.1. The minimum Gasteiger partial charge on any atom is -0.327 e. The summed E-state index contributed by atoms with van der Waals surface area (Å²) in [5, 5.41) is -0.348. The molecule has 2 atom stereocenters. The van der Waals surface area contributed by atoms with Gasteiger partial charge >= 0.3 is 0 Å². The predicted octanol–water partition coefficient (Wildman–Crippen LogP) is 0.779. The van der Waals surface area contributed by atoms with Gasteiger partial charge in [-0.3, -0.25) is 4.90 Å². The molecule has 0 bridgehead atoms. The molecule has 0 aromatic rings.